The Hall–Kier alpha value is -4.07. The highest BCUT2D eigenvalue weighted by Gasteiger charge is 2.35. The van der Waals surface area contributed by atoms with Crippen LogP contribution in [0.3, 0.4) is 0 Å². The van der Waals surface area contributed by atoms with Gasteiger partial charge in [0.15, 0.2) is 0 Å². The van der Waals surface area contributed by atoms with Crippen LogP contribution in [-0.4, -0.2) is 58.3 Å². The van der Waals surface area contributed by atoms with E-state index in [0.717, 1.165) is 5.56 Å². The van der Waals surface area contributed by atoms with Crippen molar-refractivity contribution in [1.82, 2.24) is 10.2 Å². The highest BCUT2D eigenvalue weighted by molar-refractivity contribution is 7.58. The molecule has 3 atom stereocenters. The number of carbonyl (C=O) groups is 4. The van der Waals surface area contributed by atoms with Crippen LogP contribution in [0.2, 0.25) is 0 Å². The molecule has 0 aromatic heterocycles. The second-order valence-electron chi connectivity index (χ2n) is 12.0. The minimum atomic E-state index is -3.77. The van der Waals surface area contributed by atoms with Crippen molar-refractivity contribution < 1.29 is 28.6 Å². The lowest BCUT2D eigenvalue weighted by atomic mass is 9.98. The van der Waals surface area contributed by atoms with Crippen LogP contribution in [-0.2, 0) is 20.6 Å². The molecule has 0 spiro atoms. The molecule has 3 N–H and O–H groups in total. The second kappa shape index (κ2) is 15.8. The summed E-state index contributed by atoms with van der Waals surface area (Å²) >= 11 is 0. The first-order chi connectivity index (χ1) is 21.5. The zero-order valence-electron chi connectivity index (χ0n) is 25.9. The molecule has 0 fully saturated rings. The lowest BCUT2D eigenvalue weighted by Gasteiger charge is -2.25. The number of unbranched alkanes of at least 4 members (excludes halogenated alkanes) is 1. The molecule has 10 heteroatoms. The van der Waals surface area contributed by atoms with E-state index < -0.39 is 25.2 Å². The average molecular weight is 632 g/mol. The number of fused-ring (bicyclic) bond motifs is 1. The molecule has 4 rings (SSSR count). The van der Waals surface area contributed by atoms with E-state index in [1.807, 2.05) is 62.4 Å². The van der Waals surface area contributed by atoms with E-state index in [4.69, 9.17) is 0 Å². The predicted octanol–water partition coefficient (Wildman–Crippen LogP) is 5.75. The van der Waals surface area contributed by atoms with E-state index in [9.17, 15) is 28.6 Å². The van der Waals surface area contributed by atoms with Crippen molar-refractivity contribution in [3.05, 3.63) is 102 Å². The fourth-order valence-corrected chi connectivity index (χ4v) is 7.48. The van der Waals surface area contributed by atoms with Gasteiger partial charge in [-0.15, -0.1) is 0 Å². The third kappa shape index (κ3) is 9.71. The first kappa shape index (κ1) is 33.8. The molecule has 0 saturated heterocycles. The monoisotopic (exact) mass is 631 g/mol. The maximum Gasteiger partial charge on any atom is 0.261 e. The van der Waals surface area contributed by atoms with E-state index in [-0.39, 0.29) is 42.5 Å². The van der Waals surface area contributed by atoms with Crippen LogP contribution in [0, 0.1) is 11.8 Å². The number of nitrogens with zero attached hydrogens (tertiary/aromatic N) is 1. The summed E-state index contributed by atoms with van der Waals surface area (Å²) in [4.78, 5) is 64.3. The van der Waals surface area contributed by atoms with Crippen LogP contribution in [0.15, 0.2) is 84.9 Å². The molecule has 45 heavy (non-hydrogen) atoms. The Morgan fingerprint density at radius 3 is 2.00 bits per heavy atom. The molecule has 9 nitrogen and oxygen atoms in total. The fourth-order valence-electron chi connectivity index (χ4n) is 5.54. The van der Waals surface area contributed by atoms with E-state index in [2.05, 4.69) is 10.6 Å². The largest absolute Gasteiger partial charge is 0.344 e. The van der Waals surface area contributed by atoms with Gasteiger partial charge in [-0.25, -0.2) is 0 Å². The van der Waals surface area contributed by atoms with E-state index in [1.165, 1.54) is 4.90 Å². The Morgan fingerprint density at radius 1 is 0.822 bits per heavy atom. The van der Waals surface area contributed by atoms with Gasteiger partial charge in [0.1, 0.15) is 6.04 Å². The van der Waals surface area contributed by atoms with Crippen LogP contribution < -0.4 is 10.6 Å². The number of benzene rings is 3. The summed E-state index contributed by atoms with van der Waals surface area (Å²) in [5, 5.41) is 5.74. The van der Waals surface area contributed by atoms with E-state index in [0.29, 0.717) is 48.9 Å². The van der Waals surface area contributed by atoms with Gasteiger partial charge in [0.2, 0.25) is 19.2 Å². The lowest BCUT2D eigenvalue weighted by molar-refractivity contribution is -0.129. The number of hydrogen-bond donors (Lipinski definition) is 3. The highest BCUT2D eigenvalue weighted by atomic mass is 31.2. The number of hydrogen-bond acceptors (Lipinski definition) is 5. The molecular weight excluding hydrogens is 589 g/mol. The molecule has 1 heterocycles. The Labute approximate surface area is 264 Å². The van der Waals surface area contributed by atoms with Crippen molar-refractivity contribution in [2.24, 2.45) is 11.8 Å². The first-order valence-corrected chi connectivity index (χ1v) is 17.5. The number of rotatable bonds is 16. The normalized spacial score (nSPS) is 15.3. The van der Waals surface area contributed by atoms with Crippen LogP contribution >= 0.6 is 7.37 Å². The Balaban J connectivity index is 1.39. The average Bonchev–Trinajstić information content (AvgIpc) is 3.26. The number of amides is 4. The van der Waals surface area contributed by atoms with Crippen molar-refractivity contribution in [3.8, 4) is 0 Å². The van der Waals surface area contributed by atoms with Gasteiger partial charge < -0.3 is 15.5 Å². The SMILES string of the molecule is CC(C)C[C@H](NC(=O)[C@H](CCc1ccccc1)CP(=O)(O)CCCCN1C(=O)c2ccccc2C1=O)C(=O)Nc1ccccc1. The van der Waals surface area contributed by atoms with Gasteiger partial charge in [-0.1, -0.05) is 74.5 Å². The van der Waals surface area contributed by atoms with Crippen LogP contribution in [0.1, 0.15) is 65.8 Å². The van der Waals surface area contributed by atoms with Crippen LogP contribution in [0.25, 0.3) is 0 Å². The zero-order valence-corrected chi connectivity index (χ0v) is 26.7. The summed E-state index contributed by atoms with van der Waals surface area (Å²) in [6.45, 7) is 4.08. The maximum absolute atomic E-state index is 13.7. The molecular formula is C35H42N3O6P. The van der Waals surface area contributed by atoms with Gasteiger partial charge in [0, 0.05) is 30.5 Å². The van der Waals surface area contributed by atoms with Gasteiger partial charge >= 0.3 is 0 Å². The van der Waals surface area contributed by atoms with Crippen molar-refractivity contribution >= 4 is 36.7 Å². The predicted molar refractivity (Wildman–Crippen MR) is 175 cm³/mol. The molecule has 4 amide bonds. The number of anilines is 1. The molecule has 0 bridgehead atoms. The molecule has 238 valence electrons. The molecule has 1 unspecified atom stereocenters. The molecule has 1 aliphatic heterocycles. The summed E-state index contributed by atoms with van der Waals surface area (Å²) in [5.41, 5.74) is 2.36. The molecule has 0 aliphatic carbocycles. The summed E-state index contributed by atoms with van der Waals surface area (Å²) < 4.78 is 13.4. The van der Waals surface area contributed by atoms with Crippen molar-refractivity contribution in [1.29, 1.82) is 0 Å². The third-order valence-corrected chi connectivity index (χ3v) is 9.93. The van der Waals surface area contributed by atoms with Gasteiger partial charge in [0.05, 0.1) is 11.1 Å². The van der Waals surface area contributed by atoms with Crippen molar-refractivity contribution in [2.75, 3.05) is 24.2 Å². The topological polar surface area (TPSA) is 133 Å². The molecule has 3 aromatic rings. The Kier molecular flexibility index (Phi) is 11.9. The Morgan fingerprint density at radius 2 is 1.40 bits per heavy atom. The molecule has 0 radical (unpaired) electrons. The molecule has 1 aliphatic rings. The fraction of sp³-hybridized carbons (Fsp3) is 0.371. The minimum absolute atomic E-state index is 0.0464. The number of carbonyl (C=O) groups excluding carboxylic acids is 4. The van der Waals surface area contributed by atoms with Gasteiger partial charge in [-0.2, -0.15) is 0 Å². The smallest absolute Gasteiger partial charge is 0.261 e. The number of nitrogens with one attached hydrogen (secondary N) is 2. The zero-order chi connectivity index (χ0) is 32.4. The van der Waals surface area contributed by atoms with E-state index >= 15 is 0 Å². The van der Waals surface area contributed by atoms with Crippen LogP contribution in [0.5, 0.6) is 0 Å². The number of aryl methyl sites for hydroxylation is 1. The summed E-state index contributed by atoms with van der Waals surface area (Å²) in [6, 6.07) is 24.5. The first-order valence-electron chi connectivity index (χ1n) is 15.5. The quantitative estimate of drug-likeness (QED) is 0.105. The number of imide groups is 1. The standard InChI is InChI=1S/C35H42N3O6P/c1-25(2)23-31(33(40)36-28-15-7-4-8-16-28)37-32(39)27(20-19-26-13-5-3-6-14-26)24-45(43,44)22-12-11-21-38-34(41)29-17-9-10-18-30(29)35(38)42/h3-10,13-18,25,27,31H,11-12,19-24H2,1-2H3,(H,36,40)(H,37,39)(H,43,44)/t27-,31+/m1/s1. The lowest BCUT2D eigenvalue weighted by Crippen LogP contribution is -2.47. The summed E-state index contributed by atoms with van der Waals surface area (Å²) in [5.74, 6) is -2.16. The molecule has 0 saturated carbocycles. The summed E-state index contributed by atoms with van der Waals surface area (Å²) in [6.07, 6.45) is 1.68. The van der Waals surface area contributed by atoms with Gasteiger partial charge in [0.25, 0.3) is 11.8 Å². The van der Waals surface area contributed by atoms with Gasteiger partial charge in [-0.05, 0) is 67.9 Å². The van der Waals surface area contributed by atoms with Crippen molar-refractivity contribution in [2.45, 2.75) is 52.0 Å². The highest BCUT2D eigenvalue weighted by Crippen LogP contribution is 2.44. The minimum Gasteiger partial charge on any atom is -0.344 e. The second-order valence-corrected chi connectivity index (χ2v) is 14.5. The summed E-state index contributed by atoms with van der Waals surface area (Å²) in [7, 11) is -3.77. The van der Waals surface area contributed by atoms with Crippen LogP contribution in [0.4, 0.5) is 5.69 Å². The molecule has 3 aromatic carbocycles. The Bertz CT molecular complexity index is 1490. The maximum atomic E-state index is 13.7. The van der Waals surface area contributed by atoms with Gasteiger partial charge in [-0.3, -0.25) is 28.6 Å². The third-order valence-electron chi connectivity index (χ3n) is 7.90. The number of para-hydroxylation sites is 1. The van der Waals surface area contributed by atoms with Crippen molar-refractivity contribution in [3.63, 3.8) is 0 Å². The van der Waals surface area contributed by atoms with E-state index in [1.54, 1.807) is 36.4 Å².